The van der Waals surface area contributed by atoms with Gasteiger partial charge in [0.05, 0.1) is 13.2 Å². The van der Waals surface area contributed by atoms with Crippen LogP contribution in [0.1, 0.15) is 18.7 Å². The van der Waals surface area contributed by atoms with Crippen molar-refractivity contribution < 1.29 is 19.1 Å². The molecule has 4 nitrogen and oxygen atoms in total. The molecule has 5 heteroatoms. The lowest BCUT2D eigenvalue weighted by molar-refractivity contribution is -0.161. The topological polar surface area (TPSA) is 52.6 Å². The number of benzene rings is 1. The van der Waals surface area contributed by atoms with E-state index in [1.54, 1.807) is 25.2 Å². The molecule has 21 heavy (non-hydrogen) atoms. The highest BCUT2D eigenvalue weighted by Gasteiger charge is 2.30. The largest absolute Gasteiger partial charge is 0.465 e. The monoisotopic (exact) mass is 306 g/mol. The summed E-state index contributed by atoms with van der Waals surface area (Å²) in [5, 5.41) is 1.11. The summed E-state index contributed by atoms with van der Waals surface area (Å²) in [7, 11) is 0. The minimum Gasteiger partial charge on any atom is -0.465 e. The molecule has 0 aliphatic heterocycles. The maximum absolute atomic E-state index is 12.0. The van der Waals surface area contributed by atoms with Crippen LogP contribution in [-0.4, -0.2) is 25.2 Å². The molecule has 0 saturated carbocycles. The van der Waals surface area contributed by atoms with E-state index in [-0.39, 0.29) is 13.2 Å². The van der Waals surface area contributed by atoms with Gasteiger partial charge >= 0.3 is 11.9 Å². The highest BCUT2D eigenvalue weighted by Crippen LogP contribution is 2.27. The molecule has 0 aliphatic rings. The van der Waals surface area contributed by atoms with E-state index in [0.717, 1.165) is 15.0 Å². The molecule has 0 amide bonds. The highest BCUT2D eigenvalue weighted by atomic mass is 32.1. The van der Waals surface area contributed by atoms with Crippen LogP contribution in [0.25, 0.3) is 10.1 Å². The molecule has 0 spiro atoms. The molecule has 0 N–H and O–H groups in total. The first kappa shape index (κ1) is 15.5. The van der Waals surface area contributed by atoms with E-state index in [1.807, 2.05) is 30.3 Å². The number of hydrogen-bond donors (Lipinski definition) is 0. The van der Waals surface area contributed by atoms with Crippen LogP contribution in [0, 0.1) is 5.92 Å². The molecule has 2 aromatic rings. The second-order valence-electron chi connectivity index (χ2n) is 4.51. The zero-order chi connectivity index (χ0) is 15.2. The molecule has 1 heterocycles. The normalized spacial score (nSPS) is 10.8. The molecule has 0 saturated heterocycles. The lowest BCUT2D eigenvalue weighted by Gasteiger charge is -2.13. The predicted molar refractivity (Wildman–Crippen MR) is 82.3 cm³/mol. The number of esters is 2. The smallest absolute Gasteiger partial charge is 0.320 e. The fourth-order valence-electron chi connectivity index (χ4n) is 2.09. The van der Waals surface area contributed by atoms with Crippen LogP contribution >= 0.6 is 11.3 Å². The van der Waals surface area contributed by atoms with Gasteiger partial charge in [-0.25, -0.2) is 0 Å². The van der Waals surface area contributed by atoms with Gasteiger partial charge in [-0.2, -0.15) is 0 Å². The Balaban J connectivity index is 2.20. The molecule has 2 rings (SSSR count). The van der Waals surface area contributed by atoms with Crippen molar-refractivity contribution in [1.29, 1.82) is 0 Å². The number of carbonyl (C=O) groups is 2. The average Bonchev–Trinajstić information content (AvgIpc) is 2.87. The van der Waals surface area contributed by atoms with Crippen molar-refractivity contribution in [1.82, 2.24) is 0 Å². The number of fused-ring (bicyclic) bond motifs is 1. The van der Waals surface area contributed by atoms with Gasteiger partial charge in [0.15, 0.2) is 5.92 Å². The molecule has 0 radical (unpaired) electrons. The highest BCUT2D eigenvalue weighted by molar-refractivity contribution is 7.19. The van der Waals surface area contributed by atoms with E-state index in [0.29, 0.717) is 6.42 Å². The van der Waals surface area contributed by atoms with Crippen LogP contribution in [0.5, 0.6) is 0 Å². The van der Waals surface area contributed by atoms with Crippen LogP contribution in [0.2, 0.25) is 0 Å². The van der Waals surface area contributed by atoms with E-state index >= 15 is 0 Å². The van der Waals surface area contributed by atoms with Gasteiger partial charge in [-0.05, 0) is 31.4 Å². The maximum Gasteiger partial charge on any atom is 0.320 e. The molecular weight excluding hydrogens is 288 g/mol. The second kappa shape index (κ2) is 7.22. The summed E-state index contributed by atoms with van der Waals surface area (Å²) in [6, 6.07) is 9.97. The molecular formula is C16H18O4S. The fourth-order valence-corrected chi connectivity index (χ4v) is 3.20. The summed E-state index contributed by atoms with van der Waals surface area (Å²) < 4.78 is 11.1. The minimum atomic E-state index is -0.891. The Kier molecular flexibility index (Phi) is 5.33. The van der Waals surface area contributed by atoms with Gasteiger partial charge in [0.1, 0.15) is 0 Å². The number of ether oxygens (including phenoxy) is 2. The first-order chi connectivity index (χ1) is 10.2. The van der Waals surface area contributed by atoms with Crippen LogP contribution in [0.4, 0.5) is 0 Å². The van der Waals surface area contributed by atoms with Gasteiger partial charge in [0, 0.05) is 16.0 Å². The Bertz CT molecular complexity index is 581. The van der Waals surface area contributed by atoms with Crippen molar-refractivity contribution in [3.63, 3.8) is 0 Å². The van der Waals surface area contributed by atoms with Crippen molar-refractivity contribution >= 4 is 33.4 Å². The standard InChI is InChI=1S/C16H18O4S/c1-3-19-15(17)13(16(18)20-4-2)10-12-9-11-7-5-6-8-14(11)21-12/h5-9,13H,3-4,10H2,1-2H3. The van der Waals surface area contributed by atoms with Crippen LogP contribution in [0.15, 0.2) is 30.3 Å². The Morgan fingerprint density at radius 2 is 1.71 bits per heavy atom. The molecule has 1 aromatic carbocycles. The van der Waals surface area contributed by atoms with Crippen molar-refractivity contribution in [2.75, 3.05) is 13.2 Å². The average molecular weight is 306 g/mol. The van der Waals surface area contributed by atoms with Gasteiger partial charge in [-0.15, -0.1) is 11.3 Å². The first-order valence-electron chi connectivity index (χ1n) is 6.96. The van der Waals surface area contributed by atoms with Crippen LogP contribution < -0.4 is 0 Å². The third kappa shape index (κ3) is 3.82. The molecule has 0 unspecified atom stereocenters. The lowest BCUT2D eigenvalue weighted by Crippen LogP contribution is -2.29. The minimum absolute atomic E-state index is 0.251. The Labute approximate surface area is 127 Å². The zero-order valence-corrected chi connectivity index (χ0v) is 12.9. The fraction of sp³-hybridized carbons (Fsp3) is 0.375. The summed E-state index contributed by atoms with van der Waals surface area (Å²) in [5.74, 6) is -1.93. The zero-order valence-electron chi connectivity index (χ0n) is 12.1. The molecule has 0 atom stereocenters. The summed E-state index contributed by atoms with van der Waals surface area (Å²) in [6.45, 7) is 3.95. The van der Waals surface area contributed by atoms with Gasteiger partial charge in [-0.1, -0.05) is 18.2 Å². The van der Waals surface area contributed by atoms with Gasteiger partial charge in [0.25, 0.3) is 0 Å². The van der Waals surface area contributed by atoms with Crippen molar-refractivity contribution in [3.8, 4) is 0 Å². The summed E-state index contributed by atoms with van der Waals surface area (Å²) in [4.78, 5) is 24.9. The van der Waals surface area contributed by atoms with Gasteiger partial charge in [-0.3, -0.25) is 9.59 Å². The van der Waals surface area contributed by atoms with Gasteiger partial charge in [0.2, 0.25) is 0 Å². The maximum atomic E-state index is 12.0. The quantitative estimate of drug-likeness (QED) is 0.607. The molecule has 1 aromatic heterocycles. The molecule has 0 aliphatic carbocycles. The van der Waals surface area contributed by atoms with Crippen molar-refractivity contribution in [2.45, 2.75) is 20.3 Å². The lowest BCUT2D eigenvalue weighted by atomic mass is 10.0. The third-order valence-corrected chi connectivity index (χ3v) is 4.16. The Hall–Kier alpha value is -1.88. The second-order valence-corrected chi connectivity index (χ2v) is 5.68. The van der Waals surface area contributed by atoms with E-state index < -0.39 is 17.9 Å². The molecule has 0 fully saturated rings. The first-order valence-corrected chi connectivity index (χ1v) is 7.78. The number of hydrogen-bond acceptors (Lipinski definition) is 5. The SMILES string of the molecule is CCOC(=O)C(Cc1cc2ccccc2s1)C(=O)OCC. The van der Waals surface area contributed by atoms with Gasteiger partial charge < -0.3 is 9.47 Å². The molecule has 0 bridgehead atoms. The number of thiophene rings is 1. The van der Waals surface area contributed by atoms with Crippen molar-refractivity contribution in [3.05, 3.63) is 35.2 Å². The van der Waals surface area contributed by atoms with Crippen LogP contribution in [0.3, 0.4) is 0 Å². The van der Waals surface area contributed by atoms with Crippen LogP contribution in [-0.2, 0) is 25.5 Å². The summed E-state index contributed by atoms with van der Waals surface area (Å²) in [6.07, 6.45) is 0.316. The van der Waals surface area contributed by atoms with E-state index in [2.05, 4.69) is 0 Å². The molecule has 112 valence electrons. The van der Waals surface area contributed by atoms with Crippen molar-refractivity contribution in [2.24, 2.45) is 5.92 Å². The number of rotatable bonds is 6. The van der Waals surface area contributed by atoms with E-state index in [9.17, 15) is 9.59 Å². The van der Waals surface area contributed by atoms with E-state index in [4.69, 9.17) is 9.47 Å². The summed E-state index contributed by atoms with van der Waals surface area (Å²) in [5.41, 5.74) is 0. The Morgan fingerprint density at radius 1 is 1.10 bits per heavy atom. The predicted octanol–water partition coefficient (Wildman–Crippen LogP) is 3.19. The number of carbonyl (C=O) groups excluding carboxylic acids is 2. The Morgan fingerprint density at radius 3 is 2.29 bits per heavy atom. The summed E-state index contributed by atoms with van der Waals surface area (Å²) >= 11 is 1.58. The van der Waals surface area contributed by atoms with E-state index in [1.165, 1.54) is 0 Å². The third-order valence-electron chi connectivity index (χ3n) is 3.02.